The molecule has 0 amide bonds. The van der Waals surface area contributed by atoms with Crippen molar-refractivity contribution in [2.45, 2.75) is 29.7 Å². The van der Waals surface area contributed by atoms with E-state index in [2.05, 4.69) is 5.32 Å². The molecule has 0 bridgehead atoms. The van der Waals surface area contributed by atoms with Gasteiger partial charge in [-0.3, -0.25) is 14.9 Å². The van der Waals surface area contributed by atoms with Gasteiger partial charge < -0.3 is 10.4 Å². The van der Waals surface area contributed by atoms with Crippen LogP contribution in [0.15, 0.2) is 76.5 Å². The summed E-state index contributed by atoms with van der Waals surface area (Å²) >= 11 is 1.22. The van der Waals surface area contributed by atoms with Crippen molar-refractivity contribution < 1.29 is 19.6 Å². The molecule has 7 nitrogen and oxygen atoms in total. The number of ketones is 1. The summed E-state index contributed by atoms with van der Waals surface area (Å²) in [6, 6.07) is 17.8. The molecule has 3 aromatic rings. The van der Waals surface area contributed by atoms with Crippen molar-refractivity contribution in [1.82, 2.24) is 0 Å². The Labute approximate surface area is 183 Å². The van der Waals surface area contributed by atoms with Crippen LogP contribution in [0.25, 0.3) is 0 Å². The molecule has 0 aliphatic carbocycles. The zero-order valence-corrected chi connectivity index (χ0v) is 17.7. The Bertz CT molecular complexity index is 1160. The third-order valence-electron chi connectivity index (χ3n) is 4.34. The summed E-state index contributed by atoms with van der Waals surface area (Å²) in [6.45, 7) is 4.03. The number of nitro benzene ring substituents is 1. The second kappa shape index (κ2) is 9.44. The topological polar surface area (TPSA) is 110 Å². The molecule has 0 fully saturated rings. The lowest BCUT2D eigenvalue weighted by Crippen LogP contribution is -2.10. The van der Waals surface area contributed by atoms with Crippen molar-refractivity contribution in [2.75, 3.05) is 5.32 Å². The van der Waals surface area contributed by atoms with Crippen molar-refractivity contribution in [1.29, 1.82) is 0 Å². The zero-order chi connectivity index (χ0) is 22.5. The van der Waals surface area contributed by atoms with Crippen molar-refractivity contribution in [3.8, 4) is 0 Å². The summed E-state index contributed by atoms with van der Waals surface area (Å²) < 4.78 is 0. The number of hydrogen-bond donors (Lipinski definition) is 2. The van der Waals surface area contributed by atoms with Gasteiger partial charge in [-0.25, -0.2) is 4.79 Å². The maximum Gasteiger partial charge on any atom is 0.336 e. The molecule has 0 aliphatic heterocycles. The molecule has 3 rings (SSSR count). The fourth-order valence-corrected chi connectivity index (χ4v) is 3.98. The molecule has 0 radical (unpaired) electrons. The summed E-state index contributed by atoms with van der Waals surface area (Å²) in [5.74, 6) is -1.82. The minimum Gasteiger partial charge on any atom is -0.478 e. The Hall–Kier alpha value is -3.65. The fourth-order valence-electron chi connectivity index (χ4n) is 3.02. The highest BCUT2D eigenvalue weighted by Crippen LogP contribution is 2.36. The number of anilines is 1. The normalized spacial score (nSPS) is 10.7. The number of nitro groups is 1. The van der Waals surface area contributed by atoms with E-state index in [-0.39, 0.29) is 28.4 Å². The van der Waals surface area contributed by atoms with Gasteiger partial charge in [-0.15, -0.1) is 0 Å². The number of carbonyl (C=O) groups is 2. The van der Waals surface area contributed by atoms with Crippen LogP contribution in [0.5, 0.6) is 0 Å². The van der Waals surface area contributed by atoms with Gasteiger partial charge in [0, 0.05) is 33.8 Å². The Balaban J connectivity index is 1.95. The first-order chi connectivity index (χ1) is 14.8. The highest BCUT2D eigenvalue weighted by atomic mass is 32.2. The molecule has 158 valence electrons. The molecule has 31 heavy (non-hydrogen) atoms. The van der Waals surface area contributed by atoms with Crippen molar-refractivity contribution in [2.24, 2.45) is 0 Å². The fraction of sp³-hybridized carbons (Fsp3) is 0.130. The van der Waals surface area contributed by atoms with Crippen LogP contribution < -0.4 is 5.32 Å². The second-order valence-corrected chi connectivity index (χ2v) is 8.16. The first kappa shape index (κ1) is 22.0. The molecule has 0 unspecified atom stereocenters. The lowest BCUT2D eigenvalue weighted by atomic mass is 9.98. The lowest BCUT2D eigenvalue weighted by molar-refractivity contribution is -0.387. The number of aromatic carboxylic acids is 1. The van der Waals surface area contributed by atoms with Crippen LogP contribution in [0, 0.1) is 10.1 Å². The molecule has 0 spiro atoms. The van der Waals surface area contributed by atoms with E-state index in [4.69, 9.17) is 0 Å². The van der Waals surface area contributed by atoms with Crippen LogP contribution >= 0.6 is 11.8 Å². The zero-order valence-electron chi connectivity index (χ0n) is 16.9. The van der Waals surface area contributed by atoms with Gasteiger partial charge in [-0.1, -0.05) is 36.0 Å². The standard InChI is InChI=1S/C23H20N2O5S/c1-14(2)24-16-6-5-7-17(13-16)31-21-11-10-15(12-20(21)25(29)30)22(26)18-8-3-4-9-19(18)23(27)28/h3-14,24H,1-2H3,(H,27,28). The van der Waals surface area contributed by atoms with Gasteiger partial charge in [-0.05, 0) is 50.2 Å². The SMILES string of the molecule is CC(C)Nc1cccc(Sc2ccc(C(=O)c3ccccc3C(=O)O)cc2[N+](=O)[O-])c1. The van der Waals surface area contributed by atoms with Gasteiger partial charge in [0.25, 0.3) is 5.69 Å². The van der Waals surface area contributed by atoms with Gasteiger partial charge in [-0.2, -0.15) is 0 Å². The number of nitrogens with zero attached hydrogens (tertiary/aromatic N) is 1. The van der Waals surface area contributed by atoms with E-state index in [0.717, 1.165) is 10.6 Å². The van der Waals surface area contributed by atoms with E-state index >= 15 is 0 Å². The maximum atomic E-state index is 12.9. The largest absolute Gasteiger partial charge is 0.478 e. The Morgan fingerprint density at radius 2 is 1.71 bits per heavy atom. The van der Waals surface area contributed by atoms with Crippen LogP contribution in [-0.4, -0.2) is 27.8 Å². The summed E-state index contributed by atoms with van der Waals surface area (Å²) in [4.78, 5) is 36.6. The van der Waals surface area contributed by atoms with E-state index in [1.807, 2.05) is 38.1 Å². The summed E-state index contributed by atoms with van der Waals surface area (Å²) in [7, 11) is 0. The molecular formula is C23H20N2O5S. The molecular weight excluding hydrogens is 416 g/mol. The van der Waals surface area contributed by atoms with Crippen molar-refractivity contribution in [3.05, 3.63) is 93.5 Å². The third-order valence-corrected chi connectivity index (χ3v) is 5.39. The second-order valence-electron chi connectivity index (χ2n) is 7.05. The number of hydrogen-bond acceptors (Lipinski definition) is 6. The average molecular weight is 436 g/mol. The quantitative estimate of drug-likeness (QED) is 0.273. The summed E-state index contributed by atoms with van der Waals surface area (Å²) in [5, 5.41) is 24.3. The highest BCUT2D eigenvalue weighted by Gasteiger charge is 2.22. The molecule has 0 aromatic heterocycles. The molecule has 0 atom stereocenters. The van der Waals surface area contributed by atoms with Crippen LogP contribution in [0.4, 0.5) is 11.4 Å². The summed E-state index contributed by atoms with van der Waals surface area (Å²) in [6.07, 6.45) is 0. The monoisotopic (exact) mass is 436 g/mol. The predicted octanol–water partition coefficient (Wildman–Crippen LogP) is 5.50. The van der Waals surface area contributed by atoms with E-state index in [0.29, 0.717) is 4.90 Å². The predicted molar refractivity (Wildman–Crippen MR) is 119 cm³/mol. The molecule has 2 N–H and O–H groups in total. The van der Waals surface area contributed by atoms with Crippen molar-refractivity contribution >= 4 is 34.9 Å². The van der Waals surface area contributed by atoms with E-state index < -0.39 is 16.7 Å². The first-order valence-corrected chi connectivity index (χ1v) is 10.3. The van der Waals surface area contributed by atoms with Crippen LogP contribution in [-0.2, 0) is 0 Å². The Morgan fingerprint density at radius 1 is 1.00 bits per heavy atom. The highest BCUT2D eigenvalue weighted by molar-refractivity contribution is 7.99. The number of carbonyl (C=O) groups excluding carboxylic acids is 1. The van der Waals surface area contributed by atoms with Crippen LogP contribution in [0.1, 0.15) is 40.1 Å². The Kier molecular flexibility index (Phi) is 6.71. The minimum atomic E-state index is -1.24. The smallest absolute Gasteiger partial charge is 0.336 e. The van der Waals surface area contributed by atoms with E-state index in [1.165, 1.54) is 48.2 Å². The number of benzene rings is 3. The van der Waals surface area contributed by atoms with Gasteiger partial charge in [0.15, 0.2) is 5.78 Å². The van der Waals surface area contributed by atoms with Gasteiger partial charge in [0.1, 0.15) is 0 Å². The Morgan fingerprint density at radius 3 is 2.35 bits per heavy atom. The van der Waals surface area contributed by atoms with Crippen molar-refractivity contribution in [3.63, 3.8) is 0 Å². The molecule has 0 aliphatic rings. The third kappa shape index (κ3) is 5.29. The first-order valence-electron chi connectivity index (χ1n) is 9.46. The molecule has 0 saturated carbocycles. The molecule has 0 saturated heterocycles. The van der Waals surface area contributed by atoms with E-state index in [1.54, 1.807) is 6.07 Å². The minimum absolute atomic E-state index is 0.0165. The maximum absolute atomic E-state index is 12.9. The molecule has 8 heteroatoms. The van der Waals surface area contributed by atoms with Gasteiger partial charge in [0.05, 0.1) is 15.4 Å². The average Bonchev–Trinajstić information content (AvgIpc) is 2.73. The van der Waals surface area contributed by atoms with E-state index in [9.17, 15) is 24.8 Å². The van der Waals surface area contributed by atoms with Crippen LogP contribution in [0.3, 0.4) is 0 Å². The summed E-state index contributed by atoms with van der Waals surface area (Å²) in [5.41, 5.74) is 0.575. The van der Waals surface area contributed by atoms with Gasteiger partial charge >= 0.3 is 5.97 Å². The number of carboxylic acids is 1. The molecule has 3 aromatic carbocycles. The number of rotatable bonds is 8. The van der Waals surface area contributed by atoms with Crippen LogP contribution in [0.2, 0.25) is 0 Å². The lowest BCUT2D eigenvalue weighted by Gasteiger charge is -2.11. The molecule has 0 heterocycles. The number of carboxylic acid groups (broad SMARTS) is 1. The van der Waals surface area contributed by atoms with Gasteiger partial charge in [0.2, 0.25) is 0 Å². The number of nitrogens with one attached hydrogen (secondary N) is 1.